The van der Waals surface area contributed by atoms with E-state index in [0.29, 0.717) is 0 Å². The van der Waals surface area contributed by atoms with Crippen molar-refractivity contribution in [3.8, 4) is 0 Å². The maximum atomic E-state index is 10.8. The van der Waals surface area contributed by atoms with Crippen LogP contribution in [0.25, 0.3) is 0 Å². The Morgan fingerprint density at radius 3 is 2.20 bits per heavy atom. The van der Waals surface area contributed by atoms with Crippen molar-refractivity contribution in [1.82, 2.24) is 0 Å². The highest BCUT2D eigenvalue weighted by molar-refractivity contribution is 5.75. The Balaban J connectivity index is 2.23. The first kappa shape index (κ1) is 6.20. The van der Waals surface area contributed by atoms with Crippen molar-refractivity contribution in [3.05, 3.63) is 0 Å². The van der Waals surface area contributed by atoms with Crippen LogP contribution in [-0.2, 0) is 4.79 Å². The van der Waals surface area contributed by atoms with E-state index in [1.807, 2.05) is 0 Å². The maximum Gasteiger partial charge on any atom is 0.309 e. The van der Waals surface area contributed by atoms with E-state index < -0.39 is 5.97 Å². The molecule has 0 unspecified atom stereocenters. The van der Waals surface area contributed by atoms with Crippen LogP contribution >= 0.6 is 0 Å². The average Bonchev–Trinajstić information content (AvgIpc) is 2.45. The number of aliphatic carboxylic acids is 1. The molecule has 0 spiro atoms. The Labute approximate surface area is 60.2 Å². The molecule has 2 rings (SSSR count). The number of fused-ring (bicyclic) bond motifs is 2. The van der Waals surface area contributed by atoms with Gasteiger partial charge < -0.3 is 5.11 Å². The highest BCUT2D eigenvalue weighted by Gasteiger charge is 2.50. The van der Waals surface area contributed by atoms with E-state index in [9.17, 15) is 4.79 Å². The Hall–Kier alpha value is -0.530. The summed E-state index contributed by atoms with van der Waals surface area (Å²) in [4.78, 5) is 10.8. The van der Waals surface area contributed by atoms with Gasteiger partial charge in [-0.2, -0.15) is 0 Å². The predicted molar refractivity (Wildman–Crippen MR) is 36.6 cm³/mol. The molecule has 0 amide bonds. The first-order valence-corrected chi connectivity index (χ1v) is 3.96. The van der Waals surface area contributed by atoms with Crippen LogP contribution in [0.5, 0.6) is 0 Å². The number of rotatable bonds is 1. The largest absolute Gasteiger partial charge is 0.481 e. The van der Waals surface area contributed by atoms with Crippen molar-refractivity contribution in [3.63, 3.8) is 0 Å². The van der Waals surface area contributed by atoms with Crippen molar-refractivity contribution < 1.29 is 9.90 Å². The summed E-state index contributed by atoms with van der Waals surface area (Å²) >= 11 is 0. The topological polar surface area (TPSA) is 37.3 Å². The van der Waals surface area contributed by atoms with Crippen LogP contribution in [0.15, 0.2) is 0 Å². The van der Waals surface area contributed by atoms with Crippen molar-refractivity contribution in [2.45, 2.75) is 32.1 Å². The summed E-state index contributed by atoms with van der Waals surface area (Å²) in [6.07, 6.45) is 5.15. The summed E-state index contributed by atoms with van der Waals surface area (Å²) in [6, 6.07) is 0. The first-order valence-electron chi connectivity index (χ1n) is 3.96. The highest BCUT2D eigenvalue weighted by atomic mass is 16.5. The Bertz CT molecular complexity index is 166. The monoisotopic (exact) mass is 141 g/mol. The molecule has 0 heterocycles. The summed E-state index contributed by atoms with van der Waals surface area (Å²) in [5.41, 5.74) is -0.273. The zero-order valence-electron chi connectivity index (χ0n) is 5.97. The molecule has 2 heteroatoms. The molecule has 2 aliphatic rings. The van der Waals surface area contributed by atoms with E-state index in [1.165, 1.54) is 0 Å². The van der Waals surface area contributed by atoms with E-state index in [2.05, 4.69) is 0 Å². The molecule has 0 radical (unpaired) electrons. The van der Waals surface area contributed by atoms with Gasteiger partial charge in [-0.1, -0.05) is 0 Å². The van der Waals surface area contributed by atoms with Gasteiger partial charge in [-0.05, 0) is 38.0 Å². The van der Waals surface area contributed by atoms with Crippen LogP contribution in [-0.4, -0.2) is 11.1 Å². The fourth-order valence-corrected chi connectivity index (χ4v) is 2.49. The van der Waals surface area contributed by atoms with Crippen molar-refractivity contribution in [1.29, 1.82) is 0 Å². The Morgan fingerprint density at radius 2 is 2.00 bits per heavy atom. The van der Waals surface area contributed by atoms with Gasteiger partial charge in [0.15, 0.2) is 0 Å². The number of carbonyl (C=O) groups is 1. The lowest BCUT2D eigenvalue weighted by atomic mass is 9.92. The number of carboxylic acids is 1. The molecule has 2 fully saturated rings. The van der Waals surface area contributed by atoms with Crippen molar-refractivity contribution >= 4 is 5.97 Å². The lowest BCUT2D eigenvalue weighted by molar-refractivity contribution is -0.148. The Morgan fingerprint density at radius 1 is 1.40 bits per heavy atom. The summed E-state index contributed by atoms with van der Waals surface area (Å²) in [5.74, 6) is 0.198. The van der Waals surface area contributed by atoms with Gasteiger partial charge in [0, 0.05) is 0 Å². The van der Waals surface area contributed by atoms with Gasteiger partial charge in [-0.25, -0.2) is 0 Å². The molecule has 56 valence electrons. The van der Waals surface area contributed by atoms with Crippen LogP contribution in [0.3, 0.4) is 0 Å². The first-order chi connectivity index (χ1) is 4.73. The second-order valence-electron chi connectivity index (χ2n) is 3.73. The van der Waals surface area contributed by atoms with Crippen LogP contribution in [0.2, 0.25) is 0 Å². The molecular weight excluding hydrogens is 129 g/mol. The van der Waals surface area contributed by atoms with Gasteiger partial charge in [-0.15, -0.1) is 0 Å². The van der Waals surface area contributed by atoms with Crippen LogP contribution in [0, 0.1) is 11.3 Å². The molecular formula is C8H12O2. The zero-order valence-corrected chi connectivity index (χ0v) is 5.97. The SMILES string of the molecule is O=[13C](O)C12CCC(CC1)C2. The van der Waals surface area contributed by atoms with E-state index in [-0.39, 0.29) is 5.41 Å². The third kappa shape index (κ3) is 0.619. The van der Waals surface area contributed by atoms with Gasteiger partial charge >= 0.3 is 5.97 Å². The van der Waals surface area contributed by atoms with E-state index >= 15 is 0 Å². The van der Waals surface area contributed by atoms with E-state index in [4.69, 9.17) is 5.11 Å². The number of carboxylic acid groups (broad SMARTS) is 1. The quantitative estimate of drug-likeness (QED) is 0.564. The van der Waals surface area contributed by atoms with Gasteiger partial charge in [0.2, 0.25) is 0 Å². The molecule has 1 N–H and O–H groups in total. The van der Waals surface area contributed by atoms with Crippen molar-refractivity contribution in [2.75, 3.05) is 0 Å². The number of hydrogen-bond acceptors (Lipinski definition) is 1. The fraction of sp³-hybridized carbons (Fsp3) is 0.875. The molecule has 2 aliphatic carbocycles. The molecule has 2 saturated carbocycles. The minimum Gasteiger partial charge on any atom is -0.481 e. The molecule has 2 bridgehead atoms. The lowest BCUT2D eigenvalue weighted by Crippen LogP contribution is -2.25. The smallest absolute Gasteiger partial charge is 0.309 e. The number of hydrogen-bond donors (Lipinski definition) is 1. The average molecular weight is 141 g/mol. The van der Waals surface area contributed by atoms with Gasteiger partial charge in [0.05, 0.1) is 5.41 Å². The highest BCUT2D eigenvalue weighted by Crippen LogP contribution is 2.53. The minimum atomic E-state index is -0.549. The zero-order chi connectivity index (χ0) is 7.19. The molecule has 0 aromatic rings. The molecule has 0 aromatic carbocycles. The minimum absolute atomic E-state index is 0.273. The standard InChI is InChI=1S/C8H12O2/c9-7(10)8-3-1-6(5-8)2-4-8/h6H,1-5H2,(H,9,10)/i7+1. The molecule has 0 aliphatic heterocycles. The third-order valence-corrected chi connectivity index (χ3v) is 3.20. The normalized spacial score (nSPS) is 44.2. The lowest BCUT2D eigenvalue weighted by Gasteiger charge is -2.19. The second kappa shape index (κ2) is 1.74. The summed E-state index contributed by atoms with van der Waals surface area (Å²) < 4.78 is 0. The summed E-state index contributed by atoms with van der Waals surface area (Å²) in [6.45, 7) is 0. The Kier molecular flexibility index (Phi) is 1.08. The van der Waals surface area contributed by atoms with Gasteiger partial charge in [-0.3, -0.25) is 4.79 Å². The maximum absolute atomic E-state index is 10.8. The third-order valence-electron chi connectivity index (χ3n) is 3.20. The van der Waals surface area contributed by atoms with Crippen LogP contribution in [0.1, 0.15) is 32.1 Å². The van der Waals surface area contributed by atoms with E-state index in [1.54, 1.807) is 0 Å². The molecule has 0 atom stereocenters. The second-order valence-corrected chi connectivity index (χ2v) is 3.73. The fourth-order valence-electron chi connectivity index (χ4n) is 2.49. The van der Waals surface area contributed by atoms with Crippen LogP contribution < -0.4 is 0 Å². The predicted octanol–water partition coefficient (Wildman–Crippen LogP) is 1.65. The summed E-state index contributed by atoms with van der Waals surface area (Å²) in [7, 11) is 0. The molecule has 0 aromatic heterocycles. The molecule has 2 nitrogen and oxygen atoms in total. The van der Waals surface area contributed by atoms with Crippen molar-refractivity contribution in [2.24, 2.45) is 11.3 Å². The van der Waals surface area contributed by atoms with Crippen LogP contribution in [0.4, 0.5) is 0 Å². The van der Waals surface area contributed by atoms with E-state index in [0.717, 1.165) is 38.0 Å². The molecule has 10 heavy (non-hydrogen) atoms. The van der Waals surface area contributed by atoms with Gasteiger partial charge in [0.1, 0.15) is 0 Å². The summed E-state index contributed by atoms with van der Waals surface area (Å²) in [5, 5.41) is 8.89. The van der Waals surface area contributed by atoms with Gasteiger partial charge in [0.25, 0.3) is 0 Å². The molecule has 0 saturated heterocycles.